The Balaban J connectivity index is 0.000000558. The number of aliphatic hydroxyl groups excluding tert-OH is 1. The van der Waals surface area contributed by atoms with E-state index in [4.69, 9.17) is 11.6 Å². The molecule has 0 aromatic heterocycles. The van der Waals surface area contributed by atoms with Crippen molar-refractivity contribution in [3.8, 4) is 0 Å². The van der Waals surface area contributed by atoms with E-state index in [1.807, 2.05) is 19.2 Å². The SMILES string of the molecule is C1CCNC1.C\C=C/N=C1\C=C(CNC2=CNCC(Cl)=C2O)C=C(P)\C1=C/CCC. The lowest BCUT2D eigenvalue weighted by Gasteiger charge is -2.20. The molecule has 2 aliphatic heterocycles. The molecule has 7 heteroatoms. The maximum absolute atomic E-state index is 10.0. The smallest absolute Gasteiger partial charge is 0.156 e. The molecular weight excluding hydrogens is 415 g/mol. The first-order valence-electron chi connectivity index (χ1n) is 10.6. The van der Waals surface area contributed by atoms with Gasteiger partial charge >= 0.3 is 0 Å². The number of aliphatic hydroxyl groups is 1. The maximum atomic E-state index is 10.0. The molecular formula is C23H34ClN4OP. The summed E-state index contributed by atoms with van der Waals surface area (Å²) in [5, 5.41) is 21.0. The van der Waals surface area contributed by atoms with Gasteiger partial charge in [-0.25, -0.2) is 0 Å². The van der Waals surface area contributed by atoms with Crippen LogP contribution in [-0.2, 0) is 0 Å². The summed E-state index contributed by atoms with van der Waals surface area (Å²) in [4.78, 5) is 4.56. The Hall–Kier alpha value is -1.81. The van der Waals surface area contributed by atoms with E-state index in [0.717, 1.165) is 35.0 Å². The third-order valence-corrected chi connectivity index (χ3v) is 5.50. The monoisotopic (exact) mass is 448 g/mol. The summed E-state index contributed by atoms with van der Waals surface area (Å²) < 4.78 is 0. The molecule has 0 radical (unpaired) electrons. The highest BCUT2D eigenvalue weighted by Crippen LogP contribution is 2.28. The van der Waals surface area contributed by atoms with Gasteiger partial charge in [-0.2, -0.15) is 0 Å². The number of rotatable bonds is 6. The number of nitrogens with zero attached hydrogens (tertiary/aromatic N) is 1. The van der Waals surface area contributed by atoms with Gasteiger partial charge in [0, 0.05) is 24.5 Å². The topological polar surface area (TPSA) is 68.7 Å². The predicted octanol–water partition coefficient (Wildman–Crippen LogP) is 4.80. The van der Waals surface area contributed by atoms with Crippen molar-refractivity contribution in [1.82, 2.24) is 16.0 Å². The summed E-state index contributed by atoms with van der Waals surface area (Å²) in [6.45, 7) is 7.63. The number of allylic oxidation sites excluding steroid dienone is 5. The Labute approximate surface area is 188 Å². The molecule has 0 aromatic carbocycles. The first-order chi connectivity index (χ1) is 14.6. The van der Waals surface area contributed by atoms with Gasteiger partial charge in [-0.3, -0.25) is 4.99 Å². The largest absolute Gasteiger partial charge is 0.504 e. The van der Waals surface area contributed by atoms with E-state index in [1.165, 1.54) is 25.9 Å². The average Bonchev–Trinajstić information content (AvgIpc) is 3.33. The van der Waals surface area contributed by atoms with Crippen molar-refractivity contribution in [2.45, 2.75) is 39.5 Å². The minimum Gasteiger partial charge on any atom is -0.504 e. The van der Waals surface area contributed by atoms with E-state index in [0.29, 0.717) is 23.8 Å². The molecule has 30 heavy (non-hydrogen) atoms. The van der Waals surface area contributed by atoms with Crippen LogP contribution in [0.3, 0.4) is 0 Å². The fraction of sp³-hybridized carbons (Fsp3) is 0.435. The predicted molar refractivity (Wildman–Crippen MR) is 133 cm³/mol. The molecule has 1 atom stereocenters. The number of halogens is 1. The van der Waals surface area contributed by atoms with Gasteiger partial charge in [0.25, 0.3) is 0 Å². The molecule has 1 saturated heterocycles. The number of hydrogen-bond acceptors (Lipinski definition) is 5. The molecule has 5 nitrogen and oxygen atoms in total. The van der Waals surface area contributed by atoms with Gasteiger partial charge in [0.15, 0.2) is 5.76 Å². The Kier molecular flexibility index (Phi) is 11.0. The van der Waals surface area contributed by atoms with Gasteiger partial charge in [0.1, 0.15) is 0 Å². The summed E-state index contributed by atoms with van der Waals surface area (Å²) in [7, 11) is 2.80. The number of nitrogens with one attached hydrogen (secondary N) is 3. The molecule has 1 unspecified atom stereocenters. The van der Waals surface area contributed by atoms with Crippen molar-refractivity contribution in [2.24, 2.45) is 4.99 Å². The first-order valence-corrected chi connectivity index (χ1v) is 11.6. The molecule has 0 bridgehead atoms. The van der Waals surface area contributed by atoms with E-state index in [9.17, 15) is 5.11 Å². The van der Waals surface area contributed by atoms with Crippen molar-refractivity contribution in [3.63, 3.8) is 0 Å². The van der Waals surface area contributed by atoms with Crippen molar-refractivity contribution in [3.05, 3.63) is 69.7 Å². The van der Waals surface area contributed by atoms with Gasteiger partial charge in [0.2, 0.25) is 0 Å². The van der Waals surface area contributed by atoms with Crippen LogP contribution < -0.4 is 16.0 Å². The van der Waals surface area contributed by atoms with E-state index < -0.39 is 0 Å². The fourth-order valence-corrected chi connectivity index (χ4v) is 3.75. The lowest BCUT2D eigenvalue weighted by molar-refractivity contribution is 0.405. The lowest BCUT2D eigenvalue weighted by Crippen LogP contribution is -2.26. The van der Waals surface area contributed by atoms with Crippen LogP contribution in [0.4, 0.5) is 0 Å². The zero-order chi connectivity index (χ0) is 21.8. The average molecular weight is 449 g/mol. The Morgan fingerprint density at radius 2 is 2.07 bits per heavy atom. The Morgan fingerprint density at radius 1 is 1.30 bits per heavy atom. The molecule has 3 rings (SSSR count). The summed E-state index contributed by atoms with van der Waals surface area (Å²) >= 11 is 5.98. The molecule has 0 amide bonds. The van der Waals surface area contributed by atoms with Crippen molar-refractivity contribution in [2.75, 3.05) is 26.2 Å². The highest BCUT2D eigenvalue weighted by molar-refractivity contribution is 7.23. The van der Waals surface area contributed by atoms with Crippen LogP contribution in [0.5, 0.6) is 0 Å². The van der Waals surface area contributed by atoms with Crippen LogP contribution >= 0.6 is 20.8 Å². The zero-order valence-corrected chi connectivity index (χ0v) is 19.9. The molecule has 0 saturated carbocycles. The highest BCUT2D eigenvalue weighted by Gasteiger charge is 2.16. The van der Waals surface area contributed by atoms with Crippen molar-refractivity contribution in [1.29, 1.82) is 0 Å². The first kappa shape index (κ1) is 24.5. The van der Waals surface area contributed by atoms with Gasteiger partial charge in [-0.15, -0.1) is 9.24 Å². The number of hydrogen-bond donors (Lipinski definition) is 4. The zero-order valence-electron chi connectivity index (χ0n) is 18.0. The summed E-state index contributed by atoms with van der Waals surface area (Å²) in [5.74, 6) is 0.0956. The normalized spacial score (nSPS) is 21.8. The van der Waals surface area contributed by atoms with E-state index in [2.05, 4.69) is 55.3 Å². The third-order valence-electron chi connectivity index (χ3n) is 4.71. The molecule has 164 valence electrons. The standard InChI is InChI=1S/C19H25ClN3OP.C4H9N/c1-3-5-6-14-16(22-7-4-2)8-13(9-18(14)25)10-23-17-12-21-11-15(20)19(17)24;1-2-4-5-3-1/h4,6-9,12,21,23-24H,3,5,10-11,25H2,1-2H3;5H,1-4H2/b7-4-,14-6-,22-16+;. The number of unbranched alkanes of at least 4 members (excludes halogenated alkanes) is 1. The minimum absolute atomic E-state index is 0.0956. The van der Waals surface area contributed by atoms with Crippen LogP contribution in [0.25, 0.3) is 0 Å². The minimum atomic E-state index is 0.0956. The second-order valence-corrected chi connectivity index (χ2v) is 8.30. The van der Waals surface area contributed by atoms with E-state index in [1.54, 1.807) is 6.20 Å². The Morgan fingerprint density at radius 3 is 2.70 bits per heavy atom. The van der Waals surface area contributed by atoms with Crippen molar-refractivity contribution >= 4 is 26.6 Å². The van der Waals surface area contributed by atoms with Crippen LogP contribution in [0.15, 0.2) is 74.6 Å². The van der Waals surface area contributed by atoms with Crippen LogP contribution in [0.2, 0.25) is 0 Å². The molecule has 2 heterocycles. The quantitative estimate of drug-likeness (QED) is 0.441. The molecule has 4 N–H and O–H groups in total. The fourth-order valence-electron chi connectivity index (χ4n) is 3.09. The van der Waals surface area contributed by atoms with Crippen molar-refractivity contribution < 1.29 is 5.11 Å². The molecule has 0 aromatic rings. The van der Waals surface area contributed by atoms with E-state index >= 15 is 0 Å². The summed E-state index contributed by atoms with van der Waals surface area (Å²) in [5.41, 5.74) is 3.77. The third kappa shape index (κ3) is 7.79. The summed E-state index contributed by atoms with van der Waals surface area (Å²) in [6, 6.07) is 0. The molecule has 1 aliphatic carbocycles. The second kappa shape index (κ2) is 13.5. The highest BCUT2D eigenvalue weighted by atomic mass is 35.5. The van der Waals surface area contributed by atoms with Crippen LogP contribution in [-0.4, -0.2) is 37.0 Å². The lowest BCUT2D eigenvalue weighted by atomic mass is 9.98. The number of aliphatic imine (C=N–C) groups is 1. The van der Waals surface area contributed by atoms with Gasteiger partial charge in [-0.1, -0.05) is 37.1 Å². The van der Waals surface area contributed by atoms with Gasteiger partial charge in [-0.05, 0) is 62.3 Å². The van der Waals surface area contributed by atoms with Gasteiger partial charge < -0.3 is 21.1 Å². The maximum Gasteiger partial charge on any atom is 0.156 e. The summed E-state index contributed by atoms with van der Waals surface area (Å²) in [6.07, 6.45) is 16.8. The van der Waals surface area contributed by atoms with Crippen LogP contribution in [0.1, 0.15) is 39.5 Å². The molecule has 1 fully saturated rings. The molecule has 0 spiro atoms. The van der Waals surface area contributed by atoms with Crippen LogP contribution in [0, 0.1) is 0 Å². The second-order valence-electron chi connectivity index (χ2n) is 7.23. The van der Waals surface area contributed by atoms with Gasteiger partial charge in [0.05, 0.1) is 23.0 Å². The Bertz CT molecular complexity index is 794. The molecule has 3 aliphatic rings. The number of dihydropyridines is 1. The van der Waals surface area contributed by atoms with E-state index in [-0.39, 0.29) is 5.76 Å².